The molecule has 1 aromatic carbocycles. The third-order valence-corrected chi connectivity index (χ3v) is 4.30. The van der Waals surface area contributed by atoms with Crippen LogP contribution in [-0.2, 0) is 26.7 Å². The van der Waals surface area contributed by atoms with E-state index in [-0.39, 0.29) is 5.56 Å². The van der Waals surface area contributed by atoms with E-state index in [1.807, 2.05) is 0 Å². The maximum absolute atomic E-state index is 11.2. The second kappa shape index (κ2) is 5.97. The van der Waals surface area contributed by atoms with Crippen LogP contribution in [0, 0.1) is 0 Å². The van der Waals surface area contributed by atoms with E-state index in [0.717, 1.165) is 12.1 Å². The van der Waals surface area contributed by atoms with Crippen molar-refractivity contribution in [2.75, 3.05) is 6.54 Å². The highest BCUT2D eigenvalue weighted by atomic mass is 32.2. The molecule has 0 aliphatic rings. The lowest BCUT2D eigenvalue weighted by Crippen LogP contribution is -2.07. The average molecular weight is 309 g/mol. The van der Waals surface area contributed by atoms with E-state index in [4.69, 9.17) is 14.8 Å². The van der Waals surface area contributed by atoms with Crippen LogP contribution in [0.2, 0.25) is 0 Å². The molecule has 19 heavy (non-hydrogen) atoms. The summed E-state index contributed by atoms with van der Waals surface area (Å²) in [4.78, 5) is -1.10. The third kappa shape index (κ3) is 4.55. The van der Waals surface area contributed by atoms with Crippen LogP contribution >= 0.6 is 0 Å². The SMILES string of the molecule is NCCCCc1ccc(S(=O)(=O)O)cc1S(=O)(=O)O. The minimum atomic E-state index is -4.56. The van der Waals surface area contributed by atoms with Crippen molar-refractivity contribution in [1.82, 2.24) is 0 Å². The van der Waals surface area contributed by atoms with Gasteiger partial charge in [0.1, 0.15) is 0 Å². The summed E-state index contributed by atoms with van der Waals surface area (Å²) in [6, 6.07) is 3.08. The number of unbranched alkanes of at least 4 members (excludes halogenated alkanes) is 1. The number of benzene rings is 1. The van der Waals surface area contributed by atoms with Gasteiger partial charge in [0.2, 0.25) is 0 Å². The summed E-state index contributed by atoms with van der Waals surface area (Å²) in [5.41, 5.74) is 5.60. The minimum Gasteiger partial charge on any atom is -0.330 e. The van der Waals surface area contributed by atoms with Gasteiger partial charge in [0.05, 0.1) is 9.79 Å². The lowest BCUT2D eigenvalue weighted by Gasteiger charge is -2.08. The molecule has 1 rings (SSSR count). The van der Waals surface area contributed by atoms with E-state index in [1.165, 1.54) is 6.07 Å². The monoisotopic (exact) mass is 309 g/mol. The zero-order valence-corrected chi connectivity index (χ0v) is 11.6. The van der Waals surface area contributed by atoms with Crippen molar-refractivity contribution >= 4 is 20.2 Å². The average Bonchev–Trinajstić information content (AvgIpc) is 2.27. The summed E-state index contributed by atoms with van der Waals surface area (Å²) < 4.78 is 62.3. The fraction of sp³-hybridized carbons (Fsp3) is 0.400. The summed E-state index contributed by atoms with van der Waals surface area (Å²) in [5, 5.41) is 0. The molecule has 0 aliphatic heterocycles. The van der Waals surface area contributed by atoms with Gasteiger partial charge in [-0.2, -0.15) is 16.8 Å². The molecular weight excluding hydrogens is 294 g/mol. The molecule has 0 saturated carbocycles. The van der Waals surface area contributed by atoms with Gasteiger partial charge in [-0.1, -0.05) is 6.07 Å². The van der Waals surface area contributed by atoms with E-state index in [1.54, 1.807) is 0 Å². The van der Waals surface area contributed by atoms with Crippen molar-refractivity contribution in [2.45, 2.75) is 29.1 Å². The fourth-order valence-corrected chi connectivity index (χ4v) is 2.96. The van der Waals surface area contributed by atoms with Gasteiger partial charge < -0.3 is 5.73 Å². The first-order chi connectivity index (χ1) is 8.66. The third-order valence-electron chi connectivity index (χ3n) is 2.51. The normalized spacial score (nSPS) is 12.6. The molecule has 4 N–H and O–H groups in total. The lowest BCUT2D eigenvalue weighted by molar-refractivity contribution is 0.480. The van der Waals surface area contributed by atoms with Crippen molar-refractivity contribution in [3.63, 3.8) is 0 Å². The highest BCUT2D eigenvalue weighted by Crippen LogP contribution is 2.22. The summed E-state index contributed by atoms with van der Waals surface area (Å²) in [6.07, 6.45) is 1.60. The molecule has 0 unspecified atom stereocenters. The highest BCUT2D eigenvalue weighted by Gasteiger charge is 2.19. The summed E-state index contributed by atoms with van der Waals surface area (Å²) >= 11 is 0. The predicted molar refractivity (Wildman–Crippen MR) is 68.1 cm³/mol. The first-order valence-corrected chi connectivity index (χ1v) is 8.32. The highest BCUT2D eigenvalue weighted by molar-refractivity contribution is 7.86. The van der Waals surface area contributed by atoms with Crippen molar-refractivity contribution in [2.24, 2.45) is 5.73 Å². The Morgan fingerprint density at radius 1 is 1.00 bits per heavy atom. The topological polar surface area (TPSA) is 135 Å². The second-order valence-electron chi connectivity index (χ2n) is 3.97. The molecule has 0 amide bonds. The van der Waals surface area contributed by atoms with E-state index in [2.05, 4.69) is 0 Å². The van der Waals surface area contributed by atoms with Gasteiger partial charge in [0.15, 0.2) is 0 Å². The molecule has 0 fully saturated rings. The fourth-order valence-electron chi connectivity index (χ4n) is 1.60. The van der Waals surface area contributed by atoms with Crippen LogP contribution in [0.5, 0.6) is 0 Å². The van der Waals surface area contributed by atoms with Gasteiger partial charge in [-0.05, 0) is 43.5 Å². The number of hydrogen-bond acceptors (Lipinski definition) is 5. The lowest BCUT2D eigenvalue weighted by atomic mass is 10.1. The number of aryl methyl sites for hydroxylation is 1. The van der Waals surface area contributed by atoms with Crippen molar-refractivity contribution in [3.05, 3.63) is 23.8 Å². The molecule has 0 saturated heterocycles. The molecule has 0 atom stereocenters. The van der Waals surface area contributed by atoms with Crippen LogP contribution < -0.4 is 5.73 Å². The van der Waals surface area contributed by atoms with Crippen molar-refractivity contribution in [1.29, 1.82) is 0 Å². The molecule has 0 spiro atoms. The van der Waals surface area contributed by atoms with Crippen LogP contribution in [-0.4, -0.2) is 32.5 Å². The van der Waals surface area contributed by atoms with E-state index < -0.39 is 30.0 Å². The molecule has 7 nitrogen and oxygen atoms in total. The Balaban J connectivity index is 3.26. The number of nitrogens with two attached hydrogens (primary N) is 1. The van der Waals surface area contributed by atoms with Crippen LogP contribution in [0.1, 0.15) is 18.4 Å². The molecule has 0 heterocycles. The summed E-state index contributed by atoms with van der Waals surface area (Å²) in [7, 11) is -9.08. The van der Waals surface area contributed by atoms with Gasteiger partial charge in [-0.3, -0.25) is 9.11 Å². The Labute approximate surface area is 111 Å². The Morgan fingerprint density at radius 2 is 1.63 bits per heavy atom. The Morgan fingerprint density at radius 3 is 2.11 bits per heavy atom. The Bertz CT molecular complexity index is 651. The number of rotatable bonds is 6. The molecular formula is C10H15NO6S2. The Hall–Kier alpha value is -1.00. The van der Waals surface area contributed by atoms with Crippen LogP contribution in [0.15, 0.2) is 28.0 Å². The largest absolute Gasteiger partial charge is 0.330 e. The predicted octanol–water partition coefficient (Wildman–Crippen LogP) is 0.461. The van der Waals surface area contributed by atoms with Gasteiger partial charge in [-0.15, -0.1) is 0 Å². The van der Waals surface area contributed by atoms with E-state index in [9.17, 15) is 16.8 Å². The molecule has 108 valence electrons. The summed E-state index contributed by atoms with van der Waals surface area (Å²) in [6.45, 7) is 0.449. The molecule has 0 aromatic heterocycles. The first-order valence-electron chi connectivity index (χ1n) is 5.44. The molecule has 1 aromatic rings. The molecule has 9 heteroatoms. The van der Waals surface area contributed by atoms with Gasteiger partial charge in [0.25, 0.3) is 20.2 Å². The Kier molecular flexibility index (Phi) is 5.04. The second-order valence-corrected chi connectivity index (χ2v) is 6.78. The van der Waals surface area contributed by atoms with Gasteiger partial charge in [0, 0.05) is 0 Å². The standard InChI is InChI=1S/C10H15NO6S2/c11-6-2-1-3-8-4-5-9(18(12,13)14)7-10(8)19(15,16)17/h4-5,7H,1-3,6,11H2,(H,12,13,14)(H,15,16,17). The van der Waals surface area contributed by atoms with Crippen molar-refractivity contribution < 1.29 is 25.9 Å². The van der Waals surface area contributed by atoms with Gasteiger partial charge in [-0.25, -0.2) is 0 Å². The summed E-state index contributed by atoms with van der Waals surface area (Å²) in [5.74, 6) is 0. The first kappa shape index (κ1) is 16.1. The van der Waals surface area contributed by atoms with Crippen LogP contribution in [0.3, 0.4) is 0 Å². The molecule has 0 bridgehead atoms. The number of hydrogen-bond donors (Lipinski definition) is 3. The van der Waals surface area contributed by atoms with E-state index >= 15 is 0 Å². The van der Waals surface area contributed by atoms with Crippen molar-refractivity contribution in [3.8, 4) is 0 Å². The maximum atomic E-state index is 11.2. The van der Waals surface area contributed by atoms with Crippen LogP contribution in [0.25, 0.3) is 0 Å². The minimum absolute atomic E-state index is 0.281. The van der Waals surface area contributed by atoms with Gasteiger partial charge >= 0.3 is 0 Å². The zero-order valence-electron chi connectivity index (χ0n) is 9.98. The van der Waals surface area contributed by atoms with E-state index in [0.29, 0.717) is 25.8 Å². The quantitative estimate of drug-likeness (QED) is 0.513. The van der Waals surface area contributed by atoms with Crippen LogP contribution in [0.4, 0.5) is 0 Å². The maximum Gasteiger partial charge on any atom is 0.294 e. The smallest absolute Gasteiger partial charge is 0.294 e. The molecule has 0 aliphatic carbocycles. The zero-order chi connectivity index (χ0) is 14.7. The molecule has 0 radical (unpaired) electrons.